The second-order valence-corrected chi connectivity index (χ2v) is 7.29. The number of anilines is 2. The minimum absolute atomic E-state index is 0.453. The van der Waals surface area contributed by atoms with Crippen LogP contribution in [0.5, 0.6) is 11.5 Å². The van der Waals surface area contributed by atoms with E-state index in [1.807, 2.05) is 6.07 Å². The molecule has 0 bridgehead atoms. The van der Waals surface area contributed by atoms with Crippen molar-refractivity contribution in [3.05, 3.63) is 48.0 Å². The van der Waals surface area contributed by atoms with Crippen LogP contribution < -0.4 is 20.1 Å². The number of nitrogens with one attached hydrogen (secondary N) is 2. The van der Waals surface area contributed by atoms with Crippen molar-refractivity contribution in [1.29, 1.82) is 0 Å². The summed E-state index contributed by atoms with van der Waals surface area (Å²) in [6, 6.07) is 8.09. The Morgan fingerprint density at radius 3 is 2.43 bits per heavy atom. The van der Waals surface area contributed by atoms with E-state index in [0.717, 1.165) is 37.8 Å². The number of rotatable bonds is 4. The third kappa shape index (κ3) is 3.61. The highest BCUT2D eigenvalue weighted by Gasteiger charge is 2.42. The van der Waals surface area contributed by atoms with Crippen LogP contribution in [0, 0.1) is 11.6 Å². The molecule has 2 N–H and O–H groups in total. The summed E-state index contributed by atoms with van der Waals surface area (Å²) in [5, 5.41) is 5.32. The lowest BCUT2D eigenvalue weighted by Crippen LogP contribution is -2.40. The van der Waals surface area contributed by atoms with Crippen molar-refractivity contribution in [3.8, 4) is 11.5 Å². The van der Waals surface area contributed by atoms with Gasteiger partial charge in [0, 0.05) is 24.6 Å². The van der Waals surface area contributed by atoms with Crippen LogP contribution in [0.15, 0.2) is 36.4 Å². The van der Waals surface area contributed by atoms with Gasteiger partial charge in [-0.3, -0.25) is 4.79 Å². The van der Waals surface area contributed by atoms with Crippen LogP contribution in [-0.4, -0.2) is 17.7 Å². The highest BCUT2D eigenvalue weighted by Crippen LogP contribution is 2.46. The van der Waals surface area contributed by atoms with Crippen LogP contribution in [0.1, 0.15) is 39.0 Å². The fourth-order valence-electron chi connectivity index (χ4n) is 3.64. The lowest BCUT2D eigenvalue weighted by molar-refractivity contribution is -0.116. The van der Waals surface area contributed by atoms with E-state index in [0.29, 0.717) is 17.2 Å². The van der Waals surface area contributed by atoms with Gasteiger partial charge >= 0.3 is 0 Å². The number of hydrogen-bond donors (Lipinski definition) is 2. The molecule has 1 atom stereocenters. The monoisotopic (exact) mass is 388 g/mol. The summed E-state index contributed by atoms with van der Waals surface area (Å²) in [4.78, 5) is 12.3. The number of fused-ring (bicyclic) bond motifs is 1. The van der Waals surface area contributed by atoms with Gasteiger partial charge in [-0.15, -0.1) is 0 Å². The Labute approximate surface area is 162 Å². The highest BCUT2D eigenvalue weighted by atomic mass is 19.1. The first kappa shape index (κ1) is 18.5. The maximum Gasteiger partial charge on any atom is 0.251 e. The molecule has 4 rings (SSSR count). The lowest BCUT2D eigenvalue weighted by atomic mass is 9.94. The molecule has 1 amide bonds. The second-order valence-electron chi connectivity index (χ2n) is 7.29. The number of hydrogen-bond acceptors (Lipinski definition) is 4. The third-order valence-electron chi connectivity index (χ3n) is 5.14. The molecule has 1 unspecified atom stereocenters. The van der Waals surface area contributed by atoms with Crippen LogP contribution in [0.25, 0.3) is 0 Å². The standard InChI is InChI=1S/C21H22F2N2O3/c1-13(20(26)25-19-15(22)6-5-7-16(19)23)24-14-8-9-17-18(12-14)28-21(27-17)10-3-2-4-11-21/h5-9,12-13,24H,2-4,10-11H2,1H3,(H,25,26). The first-order chi connectivity index (χ1) is 13.5. The van der Waals surface area contributed by atoms with E-state index in [4.69, 9.17) is 9.47 Å². The van der Waals surface area contributed by atoms with Gasteiger partial charge in [0.2, 0.25) is 5.91 Å². The van der Waals surface area contributed by atoms with Gasteiger partial charge in [0.25, 0.3) is 5.79 Å². The zero-order valence-electron chi connectivity index (χ0n) is 15.6. The Morgan fingerprint density at radius 2 is 1.71 bits per heavy atom. The lowest BCUT2D eigenvalue weighted by Gasteiger charge is -2.31. The van der Waals surface area contributed by atoms with Crippen molar-refractivity contribution < 1.29 is 23.0 Å². The Balaban J connectivity index is 1.42. The Morgan fingerprint density at radius 1 is 1.04 bits per heavy atom. The number of benzene rings is 2. The summed E-state index contributed by atoms with van der Waals surface area (Å²) in [6.45, 7) is 1.61. The molecule has 1 heterocycles. The van der Waals surface area contributed by atoms with E-state index in [2.05, 4.69) is 10.6 Å². The number of ether oxygens (including phenoxy) is 2. The van der Waals surface area contributed by atoms with E-state index in [9.17, 15) is 13.6 Å². The number of carbonyl (C=O) groups is 1. The van der Waals surface area contributed by atoms with E-state index in [-0.39, 0.29) is 0 Å². The molecule has 1 fully saturated rings. The van der Waals surface area contributed by atoms with Gasteiger partial charge in [0.05, 0.1) is 0 Å². The normalized spacial score (nSPS) is 18.0. The summed E-state index contributed by atoms with van der Waals surface area (Å²) in [5.74, 6) is -1.42. The van der Waals surface area contributed by atoms with Crippen LogP contribution in [-0.2, 0) is 4.79 Å². The molecule has 1 spiro atoms. The van der Waals surface area contributed by atoms with Gasteiger partial charge < -0.3 is 20.1 Å². The summed E-state index contributed by atoms with van der Waals surface area (Å²) in [6.07, 6.45) is 5.05. The van der Waals surface area contributed by atoms with Crippen molar-refractivity contribution in [2.24, 2.45) is 0 Å². The molecule has 148 valence electrons. The van der Waals surface area contributed by atoms with Crippen molar-refractivity contribution in [1.82, 2.24) is 0 Å². The summed E-state index contributed by atoms with van der Waals surface area (Å²) >= 11 is 0. The quantitative estimate of drug-likeness (QED) is 0.787. The van der Waals surface area contributed by atoms with Crippen LogP contribution in [0.4, 0.5) is 20.2 Å². The highest BCUT2D eigenvalue weighted by molar-refractivity contribution is 5.96. The predicted molar refractivity (Wildman–Crippen MR) is 102 cm³/mol. The largest absolute Gasteiger partial charge is 0.448 e. The predicted octanol–water partition coefficient (Wildman–Crippen LogP) is 4.84. The maximum atomic E-state index is 13.7. The molecule has 0 aromatic heterocycles. The SMILES string of the molecule is CC(Nc1ccc2c(c1)OC1(CCCCC1)O2)C(=O)Nc1c(F)cccc1F. The smallest absolute Gasteiger partial charge is 0.251 e. The molecule has 1 aliphatic heterocycles. The van der Waals surface area contributed by atoms with Crippen molar-refractivity contribution in [2.75, 3.05) is 10.6 Å². The first-order valence-electron chi connectivity index (χ1n) is 9.49. The fourth-order valence-corrected chi connectivity index (χ4v) is 3.64. The zero-order chi connectivity index (χ0) is 19.7. The first-order valence-corrected chi connectivity index (χ1v) is 9.49. The number of para-hydroxylation sites is 1. The Bertz CT molecular complexity index is 877. The third-order valence-corrected chi connectivity index (χ3v) is 5.14. The molecule has 2 aliphatic rings. The molecule has 1 saturated carbocycles. The molecule has 28 heavy (non-hydrogen) atoms. The molecule has 0 radical (unpaired) electrons. The Hall–Kier alpha value is -2.83. The zero-order valence-corrected chi connectivity index (χ0v) is 15.6. The number of halogens is 2. The van der Waals surface area contributed by atoms with E-state index in [1.165, 1.54) is 12.5 Å². The minimum Gasteiger partial charge on any atom is -0.448 e. The summed E-state index contributed by atoms with van der Waals surface area (Å²) in [7, 11) is 0. The molecule has 0 saturated heterocycles. The van der Waals surface area contributed by atoms with Gasteiger partial charge in [-0.25, -0.2) is 8.78 Å². The molecule has 2 aromatic carbocycles. The minimum atomic E-state index is -0.818. The average molecular weight is 388 g/mol. The van der Waals surface area contributed by atoms with Gasteiger partial charge in [-0.2, -0.15) is 0 Å². The van der Waals surface area contributed by atoms with Gasteiger partial charge in [0.15, 0.2) is 11.5 Å². The number of amides is 1. The van der Waals surface area contributed by atoms with E-state index in [1.54, 1.807) is 19.1 Å². The molecular weight excluding hydrogens is 366 g/mol. The average Bonchev–Trinajstić information content (AvgIpc) is 3.01. The van der Waals surface area contributed by atoms with Gasteiger partial charge in [0.1, 0.15) is 23.4 Å². The molecule has 5 nitrogen and oxygen atoms in total. The topological polar surface area (TPSA) is 59.6 Å². The maximum absolute atomic E-state index is 13.7. The van der Waals surface area contributed by atoms with Crippen LogP contribution in [0.3, 0.4) is 0 Å². The van der Waals surface area contributed by atoms with Gasteiger partial charge in [-0.1, -0.05) is 12.5 Å². The summed E-state index contributed by atoms with van der Waals surface area (Å²) < 4.78 is 39.6. The second kappa shape index (κ2) is 7.30. The van der Waals surface area contributed by atoms with Crippen molar-refractivity contribution in [3.63, 3.8) is 0 Å². The van der Waals surface area contributed by atoms with E-state index >= 15 is 0 Å². The van der Waals surface area contributed by atoms with Crippen molar-refractivity contribution in [2.45, 2.75) is 50.9 Å². The molecule has 2 aromatic rings. The van der Waals surface area contributed by atoms with Gasteiger partial charge in [-0.05, 0) is 44.0 Å². The van der Waals surface area contributed by atoms with E-state index < -0.39 is 35.1 Å². The van der Waals surface area contributed by atoms with Crippen LogP contribution in [0.2, 0.25) is 0 Å². The van der Waals surface area contributed by atoms with Crippen molar-refractivity contribution >= 4 is 17.3 Å². The Kier molecular flexibility index (Phi) is 4.83. The number of carbonyl (C=O) groups excluding carboxylic acids is 1. The summed E-state index contributed by atoms with van der Waals surface area (Å²) in [5.41, 5.74) is 0.206. The molecule has 1 aliphatic carbocycles. The molecular formula is C21H22F2N2O3. The fraction of sp³-hybridized carbons (Fsp3) is 0.381. The van der Waals surface area contributed by atoms with Crippen LogP contribution >= 0.6 is 0 Å². The molecule has 7 heteroatoms.